The molecule has 1 aromatic rings. The largest absolute Gasteiger partial charge is 0.261 e. The van der Waals surface area contributed by atoms with Crippen molar-refractivity contribution in [2.75, 3.05) is 14.1 Å². The lowest BCUT2D eigenvalue weighted by Crippen LogP contribution is -2.27. The predicted molar refractivity (Wildman–Crippen MR) is 72.7 cm³/mol. The molecule has 0 spiro atoms. The van der Waals surface area contributed by atoms with Crippen molar-refractivity contribution >= 4 is 24.8 Å². The van der Waals surface area contributed by atoms with E-state index in [2.05, 4.69) is 46.0 Å². The number of hydrazine groups is 2. The molecule has 0 unspecified atom stereocenters. The fraction of sp³-hybridized carbons (Fsp3) is 0.400. The van der Waals surface area contributed by atoms with Crippen LogP contribution in [0.1, 0.15) is 11.1 Å². The second-order valence-corrected chi connectivity index (χ2v) is 3.02. The molecule has 4 N–H and O–H groups in total. The molecule has 0 radical (unpaired) electrons. The molecular formula is C10H20Cl2N4. The summed E-state index contributed by atoms with van der Waals surface area (Å²) in [6, 6.07) is 8.49. The monoisotopic (exact) mass is 266 g/mol. The maximum Gasteiger partial charge on any atom is 0.0350 e. The zero-order valence-electron chi connectivity index (χ0n) is 9.54. The Morgan fingerprint density at radius 1 is 0.750 bits per heavy atom. The summed E-state index contributed by atoms with van der Waals surface area (Å²) >= 11 is 0. The van der Waals surface area contributed by atoms with Crippen molar-refractivity contribution in [3.05, 3.63) is 35.4 Å². The van der Waals surface area contributed by atoms with E-state index < -0.39 is 0 Å². The summed E-state index contributed by atoms with van der Waals surface area (Å²) in [5, 5.41) is 0. The standard InChI is InChI=1S/C10H18N4.2ClH/c1-11-13-7-9-3-5-10(6-4-9)8-14-12-2;;/h3-6,11-14H,7-8H2,1-2H3;2*1H. The van der Waals surface area contributed by atoms with Gasteiger partial charge in [-0.1, -0.05) is 24.3 Å². The zero-order valence-corrected chi connectivity index (χ0v) is 11.2. The maximum absolute atomic E-state index is 3.05. The highest BCUT2D eigenvalue weighted by molar-refractivity contribution is 5.85. The first-order valence-corrected chi connectivity index (χ1v) is 4.74. The third-order valence-electron chi connectivity index (χ3n) is 1.96. The number of hydrogen-bond donors (Lipinski definition) is 4. The summed E-state index contributed by atoms with van der Waals surface area (Å²) in [6.45, 7) is 1.69. The molecule has 0 fully saturated rings. The second kappa shape index (κ2) is 11.1. The van der Waals surface area contributed by atoms with Gasteiger partial charge in [0.2, 0.25) is 0 Å². The minimum Gasteiger partial charge on any atom is -0.261 e. The Balaban J connectivity index is 0. The van der Waals surface area contributed by atoms with Gasteiger partial charge >= 0.3 is 0 Å². The molecule has 0 bridgehead atoms. The van der Waals surface area contributed by atoms with E-state index in [0.717, 1.165) is 13.1 Å². The highest BCUT2D eigenvalue weighted by Gasteiger charge is 1.93. The average Bonchev–Trinajstić information content (AvgIpc) is 2.25. The quantitative estimate of drug-likeness (QED) is 0.580. The van der Waals surface area contributed by atoms with Crippen molar-refractivity contribution in [2.24, 2.45) is 0 Å². The summed E-state index contributed by atoms with van der Waals surface area (Å²) in [7, 11) is 3.73. The number of rotatable bonds is 6. The van der Waals surface area contributed by atoms with E-state index in [9.17, 15) is 0 Å². The van der Waals surface area contributed by atoms with Gasteiger partial charge in [-0.05, 0) is 25.2 Å². The van der Waals surface area contributed by atoms with Crippen LogP contribution in [0, 0.1) is 0 Å². The molecule has 0 amide bonds. The normalized spacial score (nSPS) is 9.12. The van der Waals surface area contributed by atoms with Gasteiger partial charge in [0.1, 0.15) is 0 Å². The van der Waals surface area contributed by atoms with Crippen molar-refractivity contribution in [1.29, 1.82) is 0 Å². The summed E-state index contributed by atoms with van der Waals surface area (Å²) in [6.07, 6.45) is 0. The van der Waals surface area contributed by atoms with E-state index in [4.69, 9.17) is 0 Å². The van der Waals surface area contributed by atoms with Crippen LogP contribution < -0.4 is 21.7 Å². The average molecular weight is 267 g/mol. The van der Waals surface area contributed by atoms with Crippen LogP contribution in [0.25, 0.3) is 0 Å². The van der Waals surface area contributed by atoms with E-state index >= 15 is 0 Å². The minimum atomic E-state index is 0. The van der Waals surface area contributed by atoms with E-state index in [1.165, 1.54) is 11.1 Å². The van der Waals surface area contributed by atoms with Gasteiger partial charge in [-0.15, -0.1) is 24.8 Å². The third kappa shape index (κ3) is 7.00. The fourth-order valence-corrected chi connectivity index (χ4v) is 1.16. The Morgan fingerprint density at radius 3 is 1.31 bits per heavy atom. The Labute approximate surface area is 109 Å². The smallest absolute Gasteiger partial charge is 0.0350 e. The molecule has 0 aliphatic rings. The van der Waals surface area contributed by atoms with Gasteiger partial charge in [0, 0.05) is 13.1 Å². The molecule has 1 aromatic carbocycles. The molecule has 1 rings (SSSR count). The van der Waals surface area contributed by atoms with Crippen LogP contribution in [0.5, 0.6) is 0 Å². The van der Waals surface area contributed by atoms with Gasteiger partial charge in [-0.2, -0.15) is 0 Å². The predicted octanol–water partition coefficient (Wildman–Crippen LogP) is 0.978. The molecule has 0 aromatic heterocycles. The molecule has 0 aliphatic heterocycles. The Bertz CT molecular complexity index is 227. The van der Waals surface area contributed by atoms with Gasteiger partial charge in [0.05, 0.1) is 0 Å². The van der Waals surface area contributed by atoms with Crippen LogP contribution in [0.3, 0.4) is 0 Å². The van der Waals surface area contributed by atoms with Crippen molar-refractivity contribution in [3.63, 3.8) is 0 Å². The minimum absolute atomic E-state index is 0. The first-order chi connectivity index (χ1) is 6.86. The number of nitrogens with one attached hydrogen (secondary N) is 4. The van der Waals surface area contributed by atoms with Crippen LogP contribution in [-0.2, 0) is 13.1 Å². The van der Waals surface area contributed by atoms with E-state index in [1.54, 1.807) is 0 Å². The van der Waals surface area contributed by atoms with E-state index in [1.807, 2.05) is 14.1 Å². The lowest BCUT2D eigenvalue weighted by molar-refractivity contribution is 0.591. The highest BCUT2D eigenvalue weighted by atomic mass is 35.5. The first-order valence-electron chi connectivity index (χ1n) is 4.74. The van der Waals surface area contributed by atoms with Crippen molar-refractivity contribution < 1.29 is 0 Å². The summed E-state index contributed by atoms with van der Waals surface area (Å²) < 4.78 is 0. The van der Waals surface area contributed by atoms with Gasteiger partial charge in [-0.25, -0.2) is 0 Å². The third-order valence-corrected chi connectivity index (χ3v) is 1.96. The van der Waals surface area contributed by atoms with Crippen LogP contribution in [0.2, 0.25) is 0 Å². The summed E-state index contributed by atoms with van der Waals surface area (Å²) in [5.74, 6) is 0. The van der Waals surface area contributed by atoms with E-state index in [-0.39, 0.29) is 24.8 Å². The van der Waals surface area contributed by atoms with Crippen LogP contribution >= 0.6 is 24.8 Å². The van der Waals surface area contributed by atoms with Gasteiger partial charge in [-0.3, -0.25) is 21.7 Å². The molecule has 4 nitrogen and oxygen atoms in total. The van der Waals surface area contributed by atoms with Crippen LogP contribution in [0.4, 0.5) is 0 Å². The molecular weight excluding hydrogens is 247 g/mol. The van der Waals surface area contributed by atoms with Crippen molar-refractivity contribution in [3.8, 4) is 0 Å². The van der Waals surface area contributed by atoms with Crippen molar-refractivity contribution in [1.82, 2.24) is 21.7 Å². The molecule has 0 heterocycles. The van der Waals surface area contributed by atoms with Crippen molar-refractivity contribution in [2.45, 2.75) is 13.1 Å². The molecule has 0 saturated heterocycles. The van der Waals surface area contributed by atoms with Crippen LogP contribution in [0.15, 0.2) is 24.3 Å². The Morgan fingerprint density at radius 2 is 1.06 bits per heavy atom. The fourth-order valence-electron chi connectivity index (χ4n) is 1.16. The van der Waals surface area contributed by atoms with E-state index in [0.29, 0.717) is 0 Å². The summed E-state index contributed by atoms with van der Waals surface area (Å²) in [4.78, 5) is 0. The molecule has 16 heavy (non-hydrogen) atoms. The molecule has 94 valence electrons. The topological polar surface area (TPSA) is 48.1 Å². The van der Waals surface area contributed by atoms with Gasteiger partial charge < -0.3 is 0 Å². The number of hydrogen-bond acceptors (Lipinski definition) is 4. The Kier molecular flexibility index (Phi) is 12.5. The molecule has 0 saturated carbocycles. The zero-order chi connectivity index (χ0) is 10.2. The number of halogens is 2. The van der Waals surface area contributed by atoms with Gasteiger partial charge in [0.25, 0.3) is 0 Å². The molecule has 0 aliphatic carbocycles. The van der Waals surface area contributed by atoms with Crippen LogP contribution in [-0.4, -0.2) is 14.1 Å². The maximum atomic E-state index is 3.05. The molecule has 6 heteroatoms. The lowest BCUT2D eigenvalue weighted by Gasteiger charge is -2.05. The first kappa shape index (κ1) is 18.0. The van der Waals surface area contributed by atoms with Gasteiger partial charge in [0.15, 0.2) is 0 Å². The SMILES string of the molecule is CNNCc1ccc(CNNC)cc1.Cl.Cl. The Hall–Kier alpha value is -0.360. The molecule has 0 atom stereocenters. The second-order valence-electron chi connectivity index (χ2n) is 3.02. The summed E-state index contributed by atoms with van der Waals surface area (Å²) in [5.41, 5.74) is 14.4. The highest BCUT2D eigenvalue weighted by Crippen LogP contribution is 2.03. The number of benzene rings is 1. The lowest BCUT2D eigenvalue weighted by atomic mass is 10.1.